The van der Waals surface area contributed by atoms with Gasteiger partial charge in [-0.15, -0.1) is 12.4 Å². The van der Waals surface area contributed by atoms with Gasteiger partial charge in [0.2, 0.25) is 0 Å². The van der Waals surface area contributed by atoms with Gasteiger partial charge >= 0.3 is 12.6 Å². The molecule has 0 radical (unpaired) electrons. The number of piperidine rings is 1. The molecule has 1 unspecified atom stereocenters. The molecule has 5 nitrogen and oxygen atoms in total. The summed E-state index contributed by atoms with van der Waals surface area (Å²) in [4.78, 5) is 15.0. The molecular weight excluding hydrogens is 354 g/mol. The van der Waals surface area contributed by atoms with Crippen LogP contribution in [0.5, 0.6) is 5.75 Å². The maximum atomic E-state index is 12.2. The number of carboxylic acid groups (broad SMARTS) is 1. The second-order valence-electron chi connectivity index (χ2n) is 6.20. The Kier molecular flexibility index (Phi) is 8.55. The van der Waals surface area contributed by atoms with Crippen LogP contribution in [0.25, 0.3) is 0 Å². The van der Waals surface area contributed by atoms with Crippen LogP contribution in [0.4, 0.5) is 8.78 Å². The minimum absolute atomic E-state index is 0. The van der Waals surface area contributed by atoms with Gasteiger partial charge in [-0.05, 0) is 44.5 Å². The lowest BCUT2D eigenvalue weighted by molar-refractivity contribution is -0.138. The Morgan fingerprint density at radius 2 is 1.88 bits per heavy atom. The lowest BCUT2D eigenvalue weighted by Crippen LogP contribution is -2.45. The van der Waals surface area contributed by atoms with Gasteiger partial charge in [-0.3, -0.25) is 14.6 Å². The van der Waals surface area contributed by atoms with Crippen LogP contribution in [0, 0.1) is 0 Å². The van der Waals surface area contributed by atoms with Gasteiger partial charge in [-0.1, -0.05) is 12.1 Å². The van der Waals surface area contributed by atoms with Crippen LogP contribution < -0.4 is 4.74 Å². The summed E-state index contributed by atoms with van der Waals surface area (Å²) in [6.45, 7) is 1.10. The van der Waals surface area contributed by atoms with Crippen molar-refractivity contribution in [3.05, 3.63) is 29.8 Å². The molecule has 1 fully saturated rings. The first-order valence-electron chi connectivity index (χ1n) is 8.07. The predicted molar refractivity (Wildman–Crippen MR) is 93.6 cm³/mol. The van der Waals surface area contributed by atoms with Crippen molar-refractivity contribution in [1.29, 1.82) is 0 Å². The van der Waals surface area contributed by atoms with Gasteiger partial charge in [0.05, 0.1) is 6.54 Å². The van der Waals surface area contributed by atoms with E-state index in [0.717, 1.165) is 31.5 Å². The van der Waals surface area contributed by atoms with E-state index in [4.69, 9.17) is 5.11 Å². The molecule has 1 aromatic carbocycles. The van der Waals surface area contributed by atoms with Crippen LogP contribution in [-0.2, 0) is 4.79 Å². The van der Waals surface area contributed by atoms with Gasteiger partial charge in [0.1, 0.15) is 5.75 Å². The van der Waals surface area contributed by atoms with Crippen molar-refractivity contribution >= 4 is 18.4 Å². The van der Waals surface area contributed by atoms with Crippen LogP contribution in [0.15, 0.2) is 24.3 Å². The van der Waals surface area contributed by atoms with E-state index in [9.17, 15) is 13.6 Å². The Balaban J connectivity index is 0.00000312. The third-order valence-corrected chi connectivity index (χ3v) is 4.64. The monoisotopic (exact) mass is 378 g/mol. The van der Waals surface area contributed by atoms with Crippen molar-refractivity contribution in [3.8, 4) is 5.75 Å². The van der Waals surface area contributed by atoms with Crippen molar-refractivity contribution in [1.82, 2.24) is 9.80 Å². The molecule has 0 saturated carbocycles. The maximum absolute atomic E-state index is 12.2. The number of alkyl halides is 2. The van der Waals surface area contributed by atoms with Crippen LogP contribution in [0.3, 0.4) is 0 Å². The Morgan fingerprint density at radius 1 is 1.32 bits per heavy atom. The standard InChI is InChI=1S/C17H24F2N2O3.ClH/c1-12(13-3-5-15(6-4-13)24-17(18)19)21-9-7-14(8-10-21)20(2)11-16(22)23;/h3-6,12,14,17H,7-11H2,1-2H3,(H,22,23);1H. The number of carboxylic acids is 1. The van der Waals surface area contributed by atoms with E-state index in [2.05, 4.69) is 16.6 Å². The third-order valence-electron chi connectivity index (χ3n) is 4.64. The first kappa shape index (κ1) is 21.6. The number of likely N-dealkylation sites (N-methyl/N-ethyl adjacent to an activating group) is 1. The van der Waals surface area contributed by atoms with E-state index in [1.54, 1.807) is 12.1 Å². The SMILES string of the molecule is CC(c1ccc(OC(F)F)cc1)N1CCC(N(C)CC(=O)O)CC1.Cl. The summed E-state index contributed by atoms with van der Waals surface area (Å²) in [7, 11) is 1.85. The maximum Gasteiger partial charge on any atom is 0.387 e. The Labute approximate surface area is 153 Å². The molecule has 1 atom stereocenters. The Hall–Kier alpha value is -1.44. The molecule has 1 aliphatic heterocycles. The summed E-state index contributed by atoms with van der Waals surface area (Å²) in [5.74, 6) is -0.644. The van der Waals surface area contributed by atoms with Crippen molar-refractivity contribution in [3.63, 3.8) is 0 Å². The molecular formula is C17H25ClF2N2O3. The van der Waals surface area contributed by atoms with E-state index >= 15 is 0 Å². The highest BCUT2D eigenvalue weighted by Gasteiger charge is 2.26. The number of likely N-dealkylation sites (tertiary alicyclic amines) is 1. The highest BCUT2D eigenvalue weighted by molar-refractivity contribution is 5.85. The molecule has 8 heteroatoms. The van der Waals surface area contributed by atoms with Gasteiger partial charge in [0, 0.05) is 25.2 Å². The second kappa shape index (κ2) is 9.89. The van der Waals surface area contributed by atoms with Gasteiger partial charge in [-0.25, -0.2) is 0 Å². The van der Waals surface area contributed by atoms with Crippen molar-refractivity contribution in [2.45, 2.75) is 38.5 Å². The summed E-state index contributed by atoms with van der Waals surface area (Å²) in [6.07, 6.45) is 1.83. The molecule has 0 bridgehead atoms. The fourth-order valence-electron chi connectivity index (χ4n) is 3.19. The fraction of sp³-hybridized carbons (Fsp3) is 0.588. The van der Waals surface area contributed by atoms with Gasteiger partial charge in [-0.2, -0.15) is 8.78 Å². The lowest BCUT2D eigenvalue weighted by atomic mass is 9.99. The van der Waals surface area contributed by atoms with Crippen LogP contribution in [-0.4, -0.2) is 60.2 Å². The number of hydrogen-bond acceptors (Lipinski definition) is 4. The molecule has 0 amide bonds. The normalized spacial score (nSPS) is 17.4. The lowest BCUT2D eigenvalue weighted by Gasteiger charge is -2.39. The number of halogens is 3. The summed E-state index contributed by atoms with van der Waals surface area (Å²) >= 11 is 0. The zero-order chi connectivity index (χ0) is 17.7. The molecule has 2 rings (SSSR count). The highest BCUT2D eigenvalue weighted by atomic mass is 35.5. The van der Waals surface area contributed by atoms with Gasteiger partial charge < -0.3 is 9.84 Å². The summed E-state index contributed by atoms with van der Waals surface area (Å²) in [5, 5.41) is 8.87. The summed E-state index contributed by atoms with van der Waals surface area (Å²) < 4.78 is 28.7. The number of rotatable bonds is 7. The van der Waals surface area contributed by atoms with Crippen molar-refractivity contribution in [2.75, 3.05) is 26.7 Å². The average molecular weight is 379 g/mol. The molecule has 0 aromatic heterocycles. The van der Waals surface area contributed by atoms with Crippen LogP contribution in [0.1, 0.15) is 31.4 Å². The number of aliphatic carboxylic acids is 1. The smallest absolute Gasteiger partial charge is 0.387 e. The molecule has 0 aliphatic carbocycles. The van der Waals surface area contributed by atoms with Gasteiger partial charge in [0.25, 0.3) is 0 Å². The third kappa shape index (κ3) is 6.41. The zero-order valence-corrected chi connectivity index (χ0v) is 15.2. The van der Waals surface area contributed by atoms with E-state index in [1.807, 2.05) is 24.1 Å². The fourth-order valence-corrected chi connectivity index (χ4v) is 3.19. The van der Waals surface area contributed by atoms with Crippen LogP contribution >= 0.6 is 12.4 Å². The van der Waals surface area contributed by atoms with E-state index < -0.39 is 12.6 Å². The van der Waals surface area contributed by atoms with E-state index in [1.165, 1.54) is 0 Å². The first-order valence-corrected chi connectivity index (χ1v) is 8.07. The number of benzene rings is 1. The molecule has 1 N–H and O–H groups in total. The molecule has 1 aliphatic rings. The van der Waals surface area contributed by atoms with E-state index in [-0.39, 0.29) is 36.8 Å². The molecule has 25 heavy (non-hydrogen) atoms. The van der Waals surface area contributed by atoms with Crippen molar-refractivity contribution < 1.29 is 23.4 Å². The van der Waals surface area contributed by atoms with E-state index in [0.29, 0.717) is 0 Å². The second-order valence-corrected chi connectivity index (χ2v) is 6.20. The minimum Gasteiger partial charge on any atom is -0.480 e. The van der Waals surface area contributed by atoms with Crippen LogP contribution in [0.2, 0.25) is 0 Å². The highest BCUT2D eigenvalue weighted by Crippen LogP contribution is 2.27. The summed E-state index contributed by atoms with van der Waals surface area (Å²) in [5.41, 5.74) is 1.05. The summed E-state index contributed by atoms with van der Waals surface area (Å²) in [6, 6.07) is 7.20. The molecule has 0 spiro atoms. The number of carbonyl (C=O) groups is 1. The number of ether oxygens (including phenoxy) is 1. The molecule has 1 heterocycles. The Morgan fingerprint density at radius 3 is 2.36 bits per heavy atom. The minimum atomic E-state index is -2.81. The van der Waals surface area contributed by atoms with Crippen molar-refractivity contribution in [2.24, 2.45) is 0 Å². The number of hydrogen-bond donors (Lipinski definition) is 1. The molecule has 142 valence electrons. The average Bonchev–Trinajstić information content (AvgIpc) is 2.54. The Bertz CT molecular complexity index is 537. The number of nitrogens with zero attached hydrogens (tertiary/aromatic N) is 2. The predicted octanol–water partition coefficient (Wildman–Crippen LogP) is 3.25. The zero-order valence-electron chi connectivity index (χ0n) is 14.4. The largest absolute Gasteiger partial charge is 0.480 e. The first-order chi connectivity index (χ1) is 11.4. The quantitative estimate of drug-likeness (QED) is 0.789. The molecule has 1 saturated heterocycles. The van der Waals surface area contributed by atoms with Gasteiger partial charge in [0.15, 0.2) is 0 Å². The topological polar surface area (TPSA) is 53.0 Å². The molecule has 1 aromatic rings.